The molecule has 0 N–H and O–H groups in total. The van der Waals surface area contributed by atoms with Crippen molar-refractivity contribution in [3.8, 4) is 16.9 Å². The molecule has 1 aliphatic carbocycles. The maximum Gasteiger partial charge on any atom is 0.416 e. The Labute approximate surface area is 268 Å². The van der Waals surface area contributed by atoms with Crippen molar-refractivity contribution in [1.29, 1.82) is 0 Å². The summed E-state index contributed by atoms with van der Waals surface area (Å²) in [5.74, 6) is 0.312. The van der Waals surface area contributed by atoms with E-state index in [1.807, 2.05) is 32.0 Å². The van der Waals surface area contributed by atoms with E-state index in [-0.39, 0.29) is 12.0 Å². The van der Waals surface area contributed by atoms with Crippen LogP contribution in [0.4, 0.5) is 18.0 Å². The predicted molar refractivity (Wildman–Crippen MR) is 171 cm³/mol. The van der Waals surface area contributed by atoms with Gasteiger partial charge in [-0.1, -0.05) is 37.6 Å². The van der Waals surface area contributed by atoms with Crippen LogP contribution in [-0.4, -0.2) is 43.8 Å². The van der Waals surface area contributed by atoms with Gasteiger partial charge in [-0.05, 0) is 115 Å². The number of amides is 1. The number of alkyl halides is 3. The van der Waals surface area contributed by atoms with Gasteiger partial charge in [-0.25, -0.2) is 9.59 Å². The van der Waals surface area contributed by atoms with E-state index >= 15 is 0 Å². The van der Waals surface area contributed by atoms with E-state index in [1.165, 1.54) is 7.11 Å². The molecule has 1 aliphatic heterocycles. The number of cyclic esters (lactones) is 1. The fraction of sp³-hybridized carbons (Fsp3) is 0.405. The van der Waals surface area contributed by atoms with Crippen molar-refractivity contribution in [3.63, 3.8) is 0 Å². The maximum atomic E-state index is 13.6. The number of methoxy groups -OCH3 is 2. The average Bonchev–Trinajstić information content (AvgIpc) is 3.28. The van der Waals surface area contributed by atoms with Gasteiger partial charge in [-0.15, -0.1) is 0 Å². The van der Waals surface area contributed by atoms with Crippen molar-refractivity contribution in [2.24, 2.45) is 5.41 Å². The number of hydrogen-bond donors (Lipinski definition) is 0. The fourth-order valence-corrected chi connectivity index (χ4v) is 6.70. The molecule has 0 radical (unpaired) electrons. The molecule has 0 saturated carbocycles. The number of aryl methyl sites for hydroxylation is 2. The molecule has 0 spiro atoms. The third-order valence-corrected chi connectivity index (χ3v) is 9.17. The maximum absolute atomic E-state index is 13.6. The van der Waals surface area contributed by atoms with Gasteiger partial charge >= 0.3 is 18.2 Å². The highest BCUT2D eigenvalue weighted by molar-refractivity contribution is 5.90. The molecule has 6 nitrogen and oxygen atoms in total. The van der Waals surface area contributed by atoms with Gasteiger partial charge in [0, 0.05) is 12.1 Å². The van der Waals surface area contributed by atoms with Crippen molar-refractivity contribution in [2.75, 3.05) is 20.8 Å². The number of esters is 1. The third kappa shape index (κ3) is 6.64. The Morgan fingerprint density at radius 3 is 2.35 bits per heavy atom. The molecule has 2 atom stereocenters. The highest BCUT2D eigenvalue weighted by atomic mass is 19.4. The monoisotopic (exact) mass is 635 g/mol. The van der Waals surface area contributed by atoms with Crippen LogP contribution < -0.4 is 4.74 Å². The van der Waals surface area contributed by atoms with E-state index in [2.05, 4.69) is 19.9 Å². The second-order valence-corrected chi connectivity index (χ2v) is 13.2. The molecule has 1 fully saturated rings. The molecule has 46 heavy (non-hydrogen) atoms. The molecule has 3 aromatic carbocycles. The largest absolute Gasteiger partial charge is 0.496 e. The first-order valence-electron chi connectivity index (χ1n) is 15.4. The summed E-state index contributed by atoms with van der Waals surface area (Å²) < 4.78 is 57.3. The Morgan fingerprint density at radius 2 is 1.72 bits per heavy atom. The first-order chi connectivity index (χ1) is 21.6. The molecule has 2 aliphatic rings. The number of carbonyl (C=O) groups is 2. The summed E-state index contributed by atoms with van der Waals surface area (Å²) in [6.07, 6.45) is -3.47. The lowest BCUT2D eigenvalue weighted by Crippen LogP contribution is -2.35. The molecule has 5 rings (SSSR count). The smallest absolute Gasteiger partial charge is 0.416 e. The van der Waals surface area contributed by atoms with Crippen LogP contribution in [0.25, 0.3) is 16.7 Å². The summed E-state index contributed by atoms with van der Waals surface area (Å²) in [6.45, 7) is 10.1. The zero-order valence-electron chi connectivity index (χ0n) is 27.3. The van der Waals surface area contributed by atoms with E-state index in [4.69, 9.17) is 14.2 Å². The normalized spacial score (nSPS) is 19.7. The highest BCUT2D eigenvalue weighted by Gasteiger charge is 2.42. The summed E-state index contributed by atoms with van der Waals surface area (Å²) in [6, 6.07) is 14.7. The van der Waals surface area contributed by atoms with Crippen LogP contribution in [0.5, 0.6) is 5.75 Å². The molecule has 9 heteroatoms. The summed E-state index contributed by atoms with van der Waals surface area (Å²) >= 11 is 0. The Bertz CT molecular complexity index is 1690. The number of hydrogen-bond acceptors (Lipinski definition) is 5. The van der Waals surface area contributed by atoms with Crippen LogP contribution in [0.1, 0.15) is 84.3 Å². The quantitative estimate of drug-likeness (QED) is 0.242. The van der Waals surface area contributed by atoms with Gasteiger partial charge in [-0.3, -0.25) is 4.90 Å². The van der Waals surface area contributed by atoms with Gasteiger partial charge in [0.1, 0.15) is 11.9 Å². The van der Waals surface area contributed by atoms with Crippen molar-refractivity contribution >= 4 is 17.6 Å². The summed E-state index contributed by atoms with van der Waals surface area (Å²) in [5, 5.41) is 0. The van der Waals surface area contributed by atoms with E-state index < -0.39 is 35.9 Å². The van der Waals surface area contributed by atoms with Gasteiger partial charge in [-0.2, -0.15) is 13.2 Å². The zero-order chi connectivity index (χ0) is 33.6. The van der Waals surface area contributed by atoms with Crippen molar-refractivity contribution in [2.45, 2.75) is 72.2 Å². The molecule has 1 heterocycles. The zero-order valence-corrected chi connectivity index (χ0v) is 27.3. The van der Waals surface area contributed by atoms with Gasteiger partial charge in [0.25, 0.3) is 0 Å². The number of halogens is 3. The first kappa shape index (κ1) is 33.1. The molecule has 0 unspecified atom stereocenters. The van der Waals surface area contributed by atoms with Crippen LogP contribution in [0.3, 0.4) is 0 Å². The minimum Gasteiger partial charge on any atom is -0.496 e. The summed E-state index contributed by atoms with van der Waals surface area (Å²) in [7, 11) is 2.99. The van der Waals surface area contributed by atoms with Gasteiger partial charge < -0.3 is 14.2 Å². The van der Waals surface area contributed by atoms with Gasteiger partial charge in [0.15, 0.2) is 0 Å². The Balaban J connectivity index is 1.54. The number of ether oxygens (including phenoxy) is 3. The molecule has 0 bridgehead atoms. The van der Waals surface area contributed by atoms with Crippen molar-refractivity contribution in [1.82, 2.24) is 4.90 Å². The highest BCUT2D eigenvalue weighted by Crippen LogP contribution is 2.47. The lowest BCUT2D eigenvalue weighted by atomic mass is 9.72. The number of rotatable bonds is 7. The molecular formula is C37H40F3NO5. The summed E-state index contributed by atoms with van der Waals surface area (Å²) in [4.78, 5) is 26.9. The second-order valence-electron chi connectivity index (χ2n) is 13.2. The Morgan fingerprint density at radius 1 is 1.02 bits per heavy atom. The minimum absolute atomic E-state index is 0.0201. The number of allylic oxidation sites excluding steroid dienone is 1. The molecule has 3 aromatic rings. The topological polar surface area (TPSA) is 65.1 Å². The van der Waals surface area contributed by atoms with Gasteiger partial charge in [0.05, 0.1) is 31.4 Å². The van der Waals surface area contributed by atoms with E-state index in [1.54, 1.807) is 37.1 Å². The minimum atomic E-state index is -4.50. The number of carbonyl (C=O) groups excluding carboxylic acids is 2. The molecule has 1 amide bonds. The Kier molecular flexibility index (Phi) is 8.99. The van der Waals surface area contributed by atoms with E-state index in [0.29, 0.717) is 22.4 Å². The van der Waals surface area contributed by atoms with Crippen LogP contribution in [0.2, 0.25) is 0 Å². The Hall–Kier alpha value is -4.27. The first-order valence-corrected chi connectivity index (χ1v) is 15.4. The van der Waals surface area contributed by atoms with Crippen LogP contribution in [0.15, 0.2) is 60.2 Å². The van der Waals surface area contributed by atoms with Gasteiger partial charge in [0.2, 0.25) is 0 Å². The molecule has 244 valence electrons. The van der Waals surface area contributed by atoms with Crippen LogP contribution >= 0.6 is 0 Å². The number of benzene rings is 3. The van der Waals surface area contributed by atoms with E-state index in [9.17, 15) is 22.8 Å². The lowest BCUT2D eigenvalue weighted by Gasteiger charge is -2.36. The average molecular weight is 636 g/mol. The van der Waals surface area contributed by atoms with Crippen LogP contribution in [-0.2, 0) is 15.7 Å². The van der Waals surface area contributed by atoms with Crippen molar-refractivity contribution < 1.29 is 37.0 Å². The molecule has 0 aromatic heterocycles. The second kappa shape index (κ2) is 12.5. The standard InChI is InChI=1S/C37H40F3NO5/c1-21-14-26(17-28(15-21)37(38,39)40)33-23(3)41(35(43)46-33)20-27-19-36(4,5)13-12-29(27)31-18-30(22(2)16-32(31)44-6)24-8-10-25(11-9-24)34(42)45-7/h8-11,14-18,23,33H,12-13,19-20H2,1-7H3/t23-,33-/m0/s1. The lowest BCUT2D eigenvalue weighted by molar-refractivity contribution is -0.137. The van der Waals surface area contributed by atoms with E-state index in [0.717, 1.165) is 64.8 Å². The molecule has 1 saturated heterocycles. The third-order valence-electron chi connectivity index (χ3n) is 9.17. The number of nitrogens with zero attached hydrogens (tertiary/aromatic N) is 1. The predicted octanol–water partition coefficient (Wildman–Crippen LogP) is 9.33. The van der Waals surface area contributed by atoms with Crippen LogP contribution in [0, 0.1) is 19.3 Å². The SMILES string of the molecule is COC(=O)c1ccc(-c2cc(C3=C(CN4C(=O)O[C@H](c5cc(C)cc(C(F)(F)F)c5)[C@@H]4C)CC(C)(C)CC3)c(OC)cc2C)cc1. The summed E-state index contributed by atoms with van der Waals surface area (Å²) in [5.41, 5.74) is 6.46. The molecular weight excluding hydrogens is 595 g/mol. The fourth-order valence-electron chi connectivity index (χ4n) is 6.70. The van der Waals surface area contributed by atoms with Crippen molar-refractivity contribution in [3.05, 3.63) is 93.6 Å².